The number of anilines is 1. The molecular formula is C18H16N4O3. The number of aryl methyl sites for hydroxylation is 1. The van der Waals surface area contributed by atoms with Gasteiger partial charge in [0.25, 0.3) is 5.69 Å². The fourth-order valence-corrected chi connectivity index (χ4v) is 2.53. The second-order valence-corrected chi connectivity index (χ2v) is 5.53. The van der Waals surface area contributed by atoms with Gasteiger partial charge in [0.2, 0.25) is 5.91 Å². The molecule has 1 N–H and O–H groups in total. The highest BCUT2D eigenvalue weighted by Crippen LogP contribution is 2.21. The van der Waals surface area contributed by atoms with Gasteiger partial charge in [0.1, 0.15) is 5.82 Å². The zero-order valence-electron chi connectivity index (χ0n) is 13.5. The second-order valence-electron chi connectivity index (χ2n) is 5.53. The molecule has 0 aliphatic heterocycles. The van der Waals surface area contributed by atoms with E-state index >= 15 is 0 Å². The number of aromatic nitrogens is 2. The van der Waals surface area contributed by atoms with E-state index in [1.165, 1.54) is 6.07 Å². The highest BCUT2D eigenvalue weighted by atomic mass is 16.6. The summed E-state index contributed by atoms with van der Waals surface area (Å²) in [6.45, 7) is 1.84. The Morgan fingerprint density at radius 2 is 1.84 bits per heavy atom. The third kappa shape index (κ3) is 3.55. The summed E-state index contributed by atoms with van der Waals surface area (Å²) in [4.78, 5) is 23.0. The molecule has 1 heterocycles. The average Bonchev–Trinajstić information content (AvgIpc) is 2.96. The van der Waals surface area contributed by atoms with E-state index in [4.69, 9.17) is 0 Å². The number of nitrogens with one attached hydrogen (secondary N) is 1. The third-order valence-corrected chi connectivity index (χ3v) is 3.75. The first-order valence-corrected chi connectivity index (χ1v) is 7.68. The summed E-state index contributed by atoms with van der Waals surface area (Å²) >= 11 is 0. The van der Waals surface area contributed by atoms with Crippen LogP contribution in [0.4, 0.5) is 11.5 Å². The number of hydrogen-bond acceptors (Lipinski definition) is 4. The van der Waals surface area contributed by atoms with E-state index in [9.17, 15) is 14.9 Å². The summed E-state index contributed by atoms with van der Waals surface area (Å²) in [6, 6.07) is 15.6. The standard InChI is InChI=1S/C18H16N4O3/c1-13-12-19-21(15-8-3-2-4-9-15)18(13)20-17(23)11-14-7-5-6-10-16(14)22(24)25/h2-10,12H,11H2,1H3,(H,20,23). The normalized spacial score (nSPS) is 10.4. The molecule has 0 fully saturated rings. The predicted octanol–water partition coefficient (Wildman–Crippen LogP) is 3.27. The number of carbonyl (C=O) groups excluding carboxylic acids is 1. The molecule has 0 aliphatic carbocycles. The first-order valence-electron chi connectivity index (χ1n) is 7.68. The summed E-state index contributed by atoms with van der Waals surface area (Å²) in [5.74, 6) is 0.213. The Balaban J connectivity index is 1.83. The van der Waals surface area contributed by atoms with Crippen LogP contribution in [-0.4, -0.2) is 20.6 Å². The van der Waals surface area contributed by atoms with Crippen LogP contribution in [0.1, 0.15) is 11.1 Å². The van der Waals surface area contributed by atoms with E-state index in [1.54, 1.807) is 29.1 Å². The summed E-state index contributed by atoms with van der Waals surface area (Å²) in [6.07, 6.45) is 1.57. The van der Waals surface area contributed by atoms with Crippen molar-refractivity contribution in [3.05, 3.63) is 82.0 Å². The van der Waals surface area contributed by atoms with E-state index < -0.39 is 4.92 Å². The minimum Gasteiger partial charge on any atom is -0.310 e. The topological polar surface area (TPSA) is 90.1 Å². The van der Waals surface area contributed by atoms with Crippen molar-refractivity contribution in [3.63, 3.8) is 0 Å². The maximum atomic E-state index is 12.4. The Labute approximate surface area is 144 Å². The number of para-hydroxylation sites is 2. The van der Waals surface area contributed by atoms with Gasteiger partial charge in [-0.3, -0.25) is 14.9 Å². The Bertz CT molecular complexity index is 919. The molecule has 0 saturated heterocycles. The van der Waals surface area contributed by atoms with Gasteiger partial charge in [-0.05, 0) is 19.1 Å². The summed E-state index contributed by atoms with van der Waals surface area (Å²) in [7, 11) is 0. The molecule has 0 radical (unpaired) electrons. The second kappa shape index (κ2) is 6.96. The van der Waals surface area contributed by atoms with Crippen molar-refractivity contribution in [2.24, 2.45) is 0 Å². The number of nitro groups is 1. The molecule has 0 bridgehead atoms. The van der Waals surface area contributed by atoms with Gasteiger partial charge in [-0.15, -0.1) is 0 Å². The van der Waals surface area contributed by atoms with Crippen molar-refractivity contribution in [2.75, 3.05) is 5.32 Å². The van der Waals surface area contributed by atoms with E-state index in [2.05, 4.69) is 10.4 Å². The zero-order valence-corrected chi connectivity index (χ0v) is 13.5. The number of amides is 1. The van der Waals surface area contributed by atoms with Crippen molar-refractivity contribution < 1.29 is 9.72 Å². The van der Waals surface area contributed by atoms with Crippen molar-refractivity contribution in [1.29, 1.82) is 0 Å². The molecule has 7 heteroatoms. The molecule has 0 unspecified atom stereocenters. The number of hydrogen-bond donors (Lipinski definition) is 1. The van der Waals surface area contributed by atoms with Crippen LogP contribution in [0, 0.1) is 17.0 Å². The quantitative estimate of drug-likeness (QED) is 0.572. The molecule has 1 aromatic heterocycles. The molecule has 1 amide bonds. The number of benzene rings is 2. The lowest BCUT2D eigenvalue weighted by atomic mass is 10.1. The van der Waals surface area contributed by atoms with Crippen LogP contribution in [0.3, 0.4) is 0 Å². The molecule has 3 aromatic rings. The Morgan fingerprint density at radius 1 is 1.16 bits per heavy atom. The van der Waals surface area contributed by atoms with Gasteiger partial charge in [-0.2, -0.15) is 5.10 Å². The largest absolute Gasteiger partial charge is 0.310 e. The van der Waals surface area contributed by atoms with Crippen LogP contribution in [0.25, 0.3) is 5.69 Å². The summed E-state index contributed by atoms with van der Waals surface area (Å²) < 4.78 is 1.63. The van der Waals surface area contributed by atoms with Crippen LogP contribution in [0.15, 0.2) is 60.8 Å². The molecule has 0 aliphatic rings. The van der Waals surface area contributed by atoms with E-state index in [-0.39, 0.29) is 18.0 Å². The zero-order chi connectivity index (χ0) is 17.8. The SMILES string of the molecule is Cc1cnn(-c2ccccc2)c1NC(=O)Cc1ccccc1[N+](=O)[O-]. The molecule has 0 spiro atoms. The van der Waals surface area contributed by atoms with Crippen molar-refractivity contribution in [2.45, 2.75) is 13.3 Å². The maximum Gasteiger partial charge on any atom is 0.273 e. The van der Waals surface area contributed by atoms with Crippen molar-refractivity contribution in [1.82, 2.24) is 9.78 Å². The highest BCUT2D eigenvalue weighted by Gasteiger charge is 2.18. The lowest BCUT2D eigenvalue weighted by molar-refractivity contribution is -0.385. The van der Waals surface area contributed by atoms with Gasteiger partial charge >= 0.3 is 0 Å². The molecule has 2 aromatic carbocycles. The maximum absolute atomic E-state index is 12.4. The van der Waals surface area contributed by atoms with Gasteiger partial charge in [0.15, 0.2) is 0 Å². The van der Waals surface area contributed by atoms with Crippen LogP contribution in [0.2, 0.25) is 0 Å². The third-order valence-electron chi connectivity index (χ3n) is 3.75. The van der Waals surface area contributed by atoms with Crippen LogP contribution >= 0.6 is 0 Å². The molecule has 7 nitrogen and oxygen atoms in total. The van der Waals surface area contributed by atoms with Gasteiger partial charge < -0.3 is 5.32 Å². The minimum absolute atomic E-state index is 0.0639. The van der Waals surface area contributed by atoms with Gasteiger partial charge in [-0.1, -0.05) is 36.4 Å². The smallest absolute Gasteiger partial charge is 0.273 e. The fourth-order valence-electron chi connectivity index (χ4n) is 2.53. The predicted molar refractivity (Wildman–Crippen MR) is 93.7 cm³/mol. The number of carbonyl (C=O) groups is 1. The van der Waals surface area contributed by atoms with E-state index in [0.717, 1.165) is 11.3 Å². The highest BCUT2D eigenvalue weighted by molar-refractivity contribution is 5.93. The first kappa shape index (κ1) is 16.4. The minimum atomic E-state index is -0.484. The number of rotatable bonds is 5. The summed E-state index contributed by atoms with van der Waals surface area (Å²) in [5.41, 5.74) is 1.93. The molecular weight excluding hydrogens is 320 g/mol. The summed E-state index contributed by atoms with van der Waals surface area (Å²) in [5, 5.41) is 18.2. The monoisotopic (exact) mass is 336 g/mol. The first-order chi connectivity index (χ1) is 12.1. The Morgan fingerprint density at radius 3 is 2.56 bits per heavy atom. The Hall–Kier alpha value is -3.48. The van der Waals surface area contributed by atoms with E-state index in [0.29, 0.717) is 11.4 Å². The van der Waals surface area contributed by atoms with Gasteiger partial charge in [-0.25, -0.2) is 4.68 Å². The molecule has 126 valence electrons. The van der Waals surface area contributed by atoms with Gasteiger partial charge in [0.05, 0.1) is 23.2 Å². The molecule has 0 atom stereocenters. The van der Waals surface area contributed by atoms with Crippen LogP contribution < -0.4 is 5.32 Å². The van der Waals surface area contributed by atoms with Crippen molar-refractivity contribution >= 4 is 17.4 Å². The molecule has 25 heavy (non-hydrogen) atoms. The fraction of sp³-hybridized carbons (Fsp3) is 0.111. The Kier molecular flexibility index (Phi) is 4.56. The molecule has 3 rings (SSSR count). The lowest BCUT2D eigenvalue weighted by Gasteiger charge is -2.10. The van der Waals surface area contributed by atoms with Gasteiger partial charge in [0, 0.05) is 17.2 Å². The van der Waals surface area contributed by atoms with Crippen LogP contribution in [0.5, 0.6) is 0 Å². The number of nitro benzene ring substituents is 1. The van der Waals surface area contributed by atoms with Crippen molar-refractivity contribution in [3.8, 4) is 5.69 Å². The lowest BCUT2D eigenvalue weighted by Crippen LogP contribution is -2.18. The van der Waals surface area contributed by atoms with Crippen LogP contribution in [-0.2, 0) is 11.2 Å². The number of nitrogens with zero attached hydrogens (tertiary/aromatic N) is 3. The molecule has 0 saturated carbocycles. The average molecular weight is 336 g/mol. The van der Waals surface area contributed by atoms with E-state index in [1.807, 2.05) is 37.3 Å².